The molecule has 0 aromatic heterocycles. The van der Waals surface area contributed by atoms with Crippen LogP contribution in [0.5, 0.6) is 0 Å². The topological polar surface area (TPSA) is 40.9 Å². The van der Waals surface area contributed by atoms with Crippen molar-refractivity contribution >= 4 is 5.78 Å². The molecule has 0 radical (unpaired) electrons. The predicted molar refractivity (Wildman–Crippen MR) is 61.9 cm³/mol. The largest absolute Gasteiger partial charge is 0.289 e. The van der Waals surface area contributed by atoms with Crippen LogP contribution in [0.2, 0.25) is 0 Å². The van der Waals surface area contributed by atoms with E-state index < -0.39 is 0 Å². The molecule has 2 nitrogen and oxygen atoms in total. The third-order valence-corrected chi connectivity index (χ3v) is 2.55. The highest BCUT2D eigenvalue weighted by Gasteiger charge is 2.14. The maximum absolute atomic E-state index is 12.1. The summed E-state index contributed by atoms with van der Waals surface area (Å²) in [7, 11) is 0. The van der Waals surface area contributed by atoms with Crippen molar-refractivity contribution < 1.29 is 4.79 Å². The molecule has 0 spiro atoms. The van der Waals surface area contributed by atoms with E-state index >= 15 is 0 Å². The minimum atomic E-state index is -0.0619. The van der Waals surface area contributed by atoms with Crippen LogP contribution in [0.25, 0.3) is 0 Å². The molecular formula is C14H11NO. The lowest BCUT2D eigenvalue weighted by Crippen LogP contribution is -2.05. The minimum Gasteiger partial charge on any atom is -0.289 e. The predicted octanol–water partition coefficient (Wildman–Crippen LogP) is 3.02. The van der Waals surface area contributed by atoms with Crippen LogP contribution in [0.15, 0.2) is 48.1 Å². The molecule has 2 rings (SSSR count). The van der Waals surface area contributed by atoms with Gasteiger partial charge >= 0.3 is 0 Å². The monoisotopic (exact) mass is 209 g/mol. The molecule has 1 aliphatic rings. The highest BCUT2D eigenvalue weighted by atomic mass is 16.1. The van der Waals surface area contributed by atoms with Crippen LogP contribution in [0.1, 0.15) is 28.8 Å². The summed E-state index contributed by atoms with van der Waals surface area (Å²) in [5, 5.41) is 8.93. The Kier molecular flexibility index (Phi) is 2.98. The zero-order valence-corrected chi connectivity index (χ0v) is 8.81. The molecule has 1 aromatic rings. The normalized spacial score (nSPS) is 14.1. The molecule has 0 amide bonds. The molecule has 0 heterocycles. The SMILES string of the molecule is N#Cc1ccccc1C(=O)C1=CCCC=C1. The number of allylic oxidation sites excluding steroid dienone is 4. The molecule has 0 saturated heterocycles. The van der Waals surface area contributed by atoms with Gasteiger partial charge in [-0.05, 0) is 25.0 Å². The summed E-state index contributed by atoms with van der Waals surface area (Å²) in [4.78, 5) is 12.1. The Labute approximate surface area is 94.5 Å². The number of nitriles is 1. The molecule has 0 fully saturated rings. The van der Waals surface area contributed by atoms with E-state index in [1.807, 2.05) is 24.3 Å². The maximum atomic E-state index is 12.1. The summed E-state index contributed by atoms with van der Waals surface area (Å²) in [6, 6.07) is 8.95. The van der Waals surface area contributed by atoms with E-state index in [9.17, 15) is 4.79 Å². The molecule has 16 heavy (non-hydrogen) atoms. The first-order valence-corrected chi connectivity index (χ1v) is 5.23. The number of Topliss-reactive ketones (excluding diaryl/α,β-unsaturated/α-hetero) is 1. The van der Waals surface area contributed by atoms with Crippen molar-refractivity contribution in [2.24, 2.45) is 0 Å². The summed E-state index contributed by atoms with van der Waals surface area (Å²) in [5.74, 6) is -0.0619. The molecule has 0 atom stereocenters. The van der Waals surface area contributed by atoms with E-state index in [4.69, 9.17) is 5.26 Å². The Morgan fingerprint density at radius 1 is 1.25 bits per heavy atom. The fourth-order valence-electron chi connectivity index (χ4n) is 1.72. The Morgan fingerprint density at radius 3 is 2.75 bits per heavy atom. The summed E-state index contributed by atoms with van der Waals surface area (Å²) < 4.78 is 0. The third-order valence-electron chi connectivity index (χ3n) is 2.55. The number of hydrogen-bond donors (Lipinski definition) is 0. The van der Waals surface area contributed by atoms with E-state index in [-0.39, 0.29) is 5.78 Å². The van der Waals surface area contributed by atoms with Gasteiger partial charge < -0.3 is 0 Å². The van der Waals surface area contributed by atoms with Crippen molar-refractivity contribution in [2.75, 3.05) is 0 Å². The standard InChI is InChI=1S/C14H11NO/c15-10-12-8-4-5-9-13(12)14(16)11-6-2-1-3-7-11/h2,4-9H,1,3H2. The number of benzene rings is 1. The smallest absolute Gasteiger partial charge is 0.194 e. The molecule has 0 saturated carbocycles. The van der Waals surface area contributed by atoms with Crippen molar-refractivity contribution in [1.29, 1.82) is 5.26 Å². The van der Waals surface area contributed by atoms with Gasteiger partial charge in [-0.15, -0.1) is 0 Å². The van der Waals surface area contributed by atoms with Gasteiger partial charge in [-0.2, -0.15) is 5.26 Å². The highest BCUT2D eigenvalue weighted by Crippen LogP contribution is 2.17. The molecular weight excluding hydrogens is 198 g/mol. The molecule has 0 unspecified atom stereocenters. The van der Waals surface area contributed by atoms with Crippen molar-refractivity contribution in [2.45, 2.75) is 12.8 Å². The second-order valence-electron chi connectivity index (χ2n) is 3.63. The molecule has 78 valence electrons. The van der Waals surface area contributed by atoms with Crippen molar-refractivity contribution in [3.63, 3.8) is 0 Å². The first-order chi connectivity index (χ1) is 7.83. The third kappa shape index (κ3) is 1.94. The lowest BCUT2D eigenvalue weighted by molar-refractivity contribution is 0.103. The number of carbonyl (C=O) groups is 1. The first-order valence-electron chi connectivity index (χ1n) is 5.23. The quantitative estimate of drug-likeness (QED) is 0.702. The Hall–Kier alpha value is -2.14. The summed E-state index contributed by atoms with van der Waals surface area (Å²) in [6.07, 6.45) is 7.63. The molecule has 1 aromatic carbocycles. The highest BCUT2D eigenvalue weighted by molar-refractivity contribution is 6.11. The van der Waals surface area contributed by atoms with Crippen LogP contribution < -0.4 is 0 Å². The fourth-order valence-corrected chi connectivity index (χ4v) is 1.72. The number of ketones is 1. The second kappa shape index (κ2) is 4.59. The second-order valence-corrected chi connectivity index (χ2v) is 3.63. The van der Waals surface area contributed by atoms with Crippen molar-refractivity contribution in [3.8, 4) is 6.07 Å². The van der Waals surface area contributed by atoms with Gasteiger partial charge in [0.25, 0.3) is 0 Å². The van der Waals surface area contributed by atoms with Gasteiger partial charge in [0.05, 0.1) is 11.6 Å². The number of nitrogens with zero attached hydrogens (tertiary/aromatic N) is 1. The van der Waals surface area contributed by atoms with Gasteiger partial charge in [0.15, 0.2) is 5.78 Å². The molecule has 0 aliphatic heterocycles. The van der Waals surface area contributed by atoms with E-state index in [1.165, 1.54) is 0 Å². The van der Waals surface area contributed by atoms with Crippen LogP contribution in [0.3, 0.4) is 0 Å². The van der Waals surface area contributed by atoms with E-state index in [1.54, 1.807) is 24.3 Å². The molecule has 2 heteroatoms. The van der Waals surface area contributed by atoms with E-state index in [0.717, 1.165) is 12.8 Å². The van der Waals surface area contributed by atoms with E-state index in [0.29, 0.717) is 16.7 Å². The number of rotatable bonds is 2. The number of carbonyl (C=O) groups excluding carboxylic acids is 1. The van der Waals surface area contributed by atoms with Gasteiger partial charge in [-0.3, -0.25) is 4.79 Å². The Bertz CT molecular complexity index is 518. The van der Waals surface area contributed by atoms with Gasteiger partial charge in [-0.1, -0.05) is 30.4 Å². The summed E-state index contributed by atoms with van der Waals surface area (Å²) in [6.45, 7) is 0. The minimum absolute atomic E-state index is 0.0619. The lowest BCUT2D eigenvalue weighted by Gasteiger charge is -2.06. The van der Waals surface area contributed by atoms with Crippen LogP contribution in [-0.2, 0) is 0 Å². The van der Waals surface area contributed by atoms with E-state index in [2.05, 4.69) is 0 Å². The molecule has 0 N–H and O–H groups in total. The molecule has 1 aliphatic carbocycles. The molecule has 0 bridgehead atoms. The number of hydrogen-bond acceptors (Lipinski definition) is 2. The van der Waals surface area contributed by atoms with Crippen LogP contribution in [0, 0.1) is 11.3 Å². The maximum Gasteiger partial charge on any atom is 0.194 e. The van der Waals surface area contributed by atoms with Gasteiger partial charge in [0, 0.05) is 11.1 Å². The Balaban J connectivity index is 2.38. The van der Waals surface area contributed by atoms with Gasteiger partial charge in [0.2, 0.25) is 0 Å². The fraction of sp³-hybridized carbons (Fsp3) is 0.143. The van der Waals surface area contributed by atoms with Gasteiger partial charge in [0.1, 0.15) is 0 Å². The zero-order chi connectivity index (χ0) is 11.4. The Morgan fingerprint density at radius 2 is 2.06 bits per heavy atom. The van der Waals surface area contributed by atoms with Crippen LogP contribution in [-0.4, -0.2) is 5.78 Å². The zero-order valence-electron chi connectivity index (χ0n) is 8.81. The van der Waals surface area contributed by atoms with Gasteiger partial charge in [-0.25, -0.2) is 0 Å². The lowest BCUT2D eigenvalue weighted by atomic mass is 9.95. The average molecular weight is 209 g/mol. The van der Waals surface area contributed by atoms with Crippen molar-refractivity contribution in [1.82, 2.24) is 0 Å². The van der Waals surface area contributed by atoms with Crippen LogP contribution >= 0.6 is 0 Å². The average Bonchev–Trinajstić information content (AvgIpc) is 2.39. The summed E-state index contributed by atoms with van der Waals surface area (Å²) >= 11 is 0. The first kappa shape index (κ1) is 10.4. The van der Waals surface area contributed by atoms with Crippen LogP contribution in [0.4, 0.5) is 0 Å². The summed E-state index contributed by atoms with van der Waals surface area (Å²) in [5.41, 5.74) is 1.61. The van der Waals surface area contributed by atoms with Crippen molar-refractivity contribution in [3.05, 3.63) is 59.2 Å².